The van der Waals surface area contributed by atoms with Gasteiger partial charge in [-0.15, -0.1) is 5.10 Å². The fourth-order valence-corrected chi connectivity index (χ4v) is 7.66. The van der Waals surface area contributed by atoms with Gasteiger partial charge in [0.1, 0.15) is 6.61 Å². The number of β-lactam (4-membered cyclic amide) rings is 1. The molecule has 0 bridgehead atoms. The lowest BCUT2D eigenvalue weighted by molar-refractivity contribution is -0.283. The van der Waals surface area contributed by atoms with Crippen LogP contribution in [-0.2, 0) is 50.0 Å². The predicted molar refractivity (Wildman–Crippen MR) is 226 cm³/mol. The first kappa shape index (κ1) is 44.0. The van der Waals surface area contributed by atoms with E-state index >= 15 is 0 Å². The summed E-state index contributed by atoms with van der Waals surface area (Å²) < 4.78 is 25.0. The van der Waals surface area contributed by atoms with E-state index in [0.29, 0.717) is 32.3 Å². The molecule has 0 saturated carbocycles. The Kier molecular flexibility index (Phi) is 14.1. The molecule has 0 aliphatic carbocycles. The van der Waals surface area contributed by atoms with E-state index in [1.54, 1.807) is 147 Å². The van der Waals surface area contributed by atoms with Crippen LogP contribution in [0.4, 0.5) is 0 Å². The van der Waals surface area contributed by atoms with E-state index in [-0.39, 0.29) is 11.3 Å². The van der Waals surface area contributed by atoms with Gasteiger partial charge in [0, 0.05) is 14.2 Å². The van der Waals surface area contributed by atoms with Crippen LogP contribution in [0.25, 0.3) is 0 Å². The first-order valence-corrected chi connectivity index (χ1v) is 20.6. The SMILES string of the molecule is CO[C@@]1(NC(=O)C(C(=O)OC(c2ccccc2)c2ccccc2)c2ccccc2)C(=O)N(C(O)C(=O)OC(c2ccccc2)c2ccccc2)[C@@H]1OCC(=O)CSc1nnnn1C. The molecule has 2 heterocycles. The van der Waals surface area contributed by atoms with Crippen LogP contribution in [0.3, 0.4) is 0 Å². The summed E-state index contributed by atoms with van der Waals surface area (Å²) in [6, 6.07) is 43.6. The molecule has 7 rings (SSSR count). The van der Waals surface area contributed by atoms with E-state index < -0.39 is 72.4 Å². The molecule has 1 aliphatic heterocycles. The van der Waals surface area contributed by atoms with E-state index in [2.05, 4.69) is 20.8 Å². The molecule has 17 heteroatoms. The van der Waals surface area contributed by atoms with Crippen molar-refractivity contribution in [1.82, 2.24) is 30.4 Å². The lowest BCUT2D eigenvalue weighted by Gasteiger charge is -2.54. The maximum atomic E-state index is 14.6. The minimum Gasteiger partial charge on any atom is -0.452 e. The number of aliphatic hydroxyl groups is 1. The summed E-state index contributed by atoms with van der Waals surface area (Å²) >= 11 is 1.02. The zero-order valence-electron chi connectivity index (χ0n) is 34.0. The topological polar surface area (TPSA) is 201 Å². The minimum atomic E-state index is -2.47. The molecule has 2 unspecified atom stereocenters. The Morgan fingerprint density at radius 3 is 1.59 bits per heavy atom. The zero-order valence-corrected chi connectivity index (χ0v) is 34.8. The number of aromatic nitrogens is 4. The van der Waals surface area contributed by atoms with Crippen molar-refractivity contribution < 1.29 is 48.0 Å². The van der Waals surface area contributed by atoms with Crippen molar-refractivity contribution in [2.75, 3.05) is 19.5 Å². The number of nitrogens with zero attached hydrogens (tertiary/aromatic N) is 5. The van der Waals surface area contributed by atoms with Crippen LogP contribution < -0.4 is 5.32 Å². The maximum absolute atomic E-state index is 14.6. The van der Waals surface area contributed by atoms with Crippen LogP contribution in [0.1, 0.15) is 45.9 Å². The first-order valence-electron chi connectivity index (χ1n) is 19.6. The molecule has 63 heavy (non-hydrogen) atoms. The van der Waals surface area contributed by atoms with Crippen LogP contribution in [0.2, 0.25) is 0 Å². The van der Waals surface area contributed by atoms with Gasteiger partial charge in [0.05, 0.1) is 5.75 Å². The lowest BCUT2D eigenvalue weighted by Crippen LogP contribution is -2.84. The number of benzene rings is 5. The second kappa shape index (κ2) is 20.2. The number of likely N-dealkylation sites (tertiary alicyclic amines) is 1. The molecule has 1 aliphatic rings. The van der Waals surface area contributed by atoms with E-state index in [0.717, 1.165) is 18.9 Å². The van der Waals surface area contributed by atoms with Crippen LogP contribution in [0, 0.1) is 0 Å². The third kappa shape index (κ3) is 9.87. The number of carbonyl (C=O) groups excluding carboxylic acids is 5. The Morgan fingerprint density at radius 1 is 0.714 bits per heavy atom. The van der Waals surface area contributed by atoms with E-state index in [9.17, 15) is 29.1 Å². The first-order chi connectivity index (χ1) is 30.6. The average molecular weight is 871 g/mol. The highest BCUT2D eigenvalue weighted by atomic mass is 32.2. The summed E-state index contributed by atoms with van der Waals surface area (Å²) in [6.45, 7) is -0.688. The number of Topliss-reactive ketones (excluding diaryl/α,β-unsaturated/α-hetero) is 1. The monoisotopic (exact) mass is 870 g/mol. The van der Waals surface area contributed by atoms with Gasteiger partial charge < -0.3 is 29.4 Å². The van der Waals surface area contributed by atoms with Gasteiger partial charge in [-0.1, -0.05) is 163 Å². The number of ether oxygens (including phenoxy) is 4. The van der Waals surface area contributed by atoms with Gasteiger partial charge in [0.25, 0.3) is 11.6 Å². The van der Waals surface area contributed by atoms with Crippen LogP contribution in [0.15, 0.2) is 157 Å². The molecular formula is C46H42N6O10S. The van der Waals surface area contributed by atoms with Gasteiger partial charge in [-0.2, -0.15) is 0 Å². The number of rotatable bonds is 19. The minimum absolute atomic E-state index is 0.173. The summed E-state index contributed by atoms with van der Waals surface area (Å²) in [5, 5.41) is 25.6. The molecule has 16 nitrogen and oxygen atoms in total. The molecule has 2 N–H and O–H groups in total. The summed E-state index contributed by atoms with van der Waals surface area (Å²) in [6.07, 6.45) is -6.06. The molecule has 1 aromatic heterocycles. The highest BCUT2D eigenvalue weighted by Crippen LogP contribution is 2.38. The van der Waals surface area contributed by atoms with Crippen molar-refractivity contribution in [3.05, 3.63) is 179 Å². The number of aliphatic hydroxyl groups excluding tert-OH is 1. The highest BCUT2D eigenvalue weighted by molar-refractivity contribution is 7.99. The highest BCUT2D eigenvalue weighted by Gasteiger charge is 2.67. The molecule has 1 fully saturated rings. The number of hydrogen-bond acceptors (Lipinski definition) is 14. The van der Waals surface area contributed by atoms with Crippen molar-refractivity contribution in [1.29, 1.82) is 0 Å². The summed E-state index contributed by atoms with van der Waals surface area (Å²) in [5.41, 5.74) is 0.172. The normalized spacial score (nSPS) is 16.8. The average Bonchev–Trinajstić information content (AvgIpc) is 3.74. The second-order valence-electron chi connectivity index (χ2n) is 14.2. The van der Waals surface area contributed by atoms with Gasteiger partial charge in [-0.25, -0.2) is 9.48 Å². The summed E-state index contributed by atoms with van der Waals surface area (Å²) in [7, 11) is 2.69. The molecule has 6 aromatic rings. The van der Waals surface area contributed by atoms with Crippen LogP contribution in [-0.4, -0.2) is 97.4 Å². The number of nitrogens with one attached hydrogen (secondary N) is 1. The summed E-state index contributed by atoms with van der Waals surface area (Å²) in [4.78, 5) is 71.0. The van der Waals surface area contributed by atoms with Gasteiger partial charge in [-0.05, 0) is 38.2 Å². The van der Waals surface area contributed by atoms with Gasteiger partial charge >= 0.3 is 11.9 Å². The largest absolute Gasteiger partial charge is 0.452 e. The van der Waals surface area contributed by atoms with Crippen molar-refractivity contribution in [2.24, 2.45) is 7.05 Å². The second-order valence-corrected chi connectivity index (χ2v) is 15.2. The number of methoxy groups -OCH3 is 1. The van der Waals surface area contributed by atoms with Gasteiger partial charge in [0.2, 0.25) is 17.3 Å². The van der Waals surface area contributed by atoms with Crippen molar-refractivity contribution in [2.45, 2.75) is 41.5 Å². The molecule has 5 aromatic carbocycles. The van der Waals surface area contributed by atoms with Crippen LogP contribution in [0.5, 0.6) is 0 Å². The fourth-order valence-electron chi connectivity index (χ4n) is 6.97. The van der Waals surface area contributed by atoms with E-state index in [1.165, 1.54) is 4.68 Å². The Hall–Kier alpha value is -7.05. The van der Waals surface area contributed by atoms with Gasteiger partial charge in [0.15, 0.2) is 30.1 Å². The molecule has 4 atom stereocenters. The number of aryl methyl sites for hydroxylation is 1. The molecule has 1 saturated heterocycles. The van der Waals surface area contributed by atoms with Crippen LogP contribution >= 0.6 is 11.8 Å². The number of thioether (sulfide) groups is 1. The lowest BCUT2D eigenvalue weighted by atomic mass is 9.93. The van der Waals surface area contributed by atoms with Crippen molar-refractivity contribution in [3.8, 4) is 0 Å². The Morgan fingerprint density at radius 2 is 1.16 bits per heavy atom. The number of amides is 2. The number of esters is 2. The molecule has 0 spiro atoms. The molecule has 2 amide bonds. The Balaban J connectivity index is 1.18. The number of hydrogen-bond donors (Lipinski definition) is 2. The van der Waals surface area contributed by atoms with E-state index in [1.807, 2.05) is 12.1 Å². The zero-order chi connectivity index (χ0) is 44.3. The number of carbonyl (C=O) groups is 5. The molecule has 322 valence electrons. The smallest absolute Gasteiger partial charge is 0.357 e. The van der Waals surface area contributed by atoms with E-state index in [4.69, 9.17) is 18.9 Å². The van der Waals surface area contributed by atoms with Gasteiger partial charge in [-0.3, -0.25) is 24.1 Å². The third-order valence-corrected chi connectivity index (χ3v) is 11.2. The Labute approximate surface area is 366 Å². The number of tetrazole rings is 1. The Bertz CT molecular complexity index is 2420. The van der Waals surface area contributed by atoms with Crippen molar-refractivity contribution in [3.63, 3.8) is 0 Å². The number of ketones is 1. The maximum Gasteiger partial charge on any atom is 0.357 e. The molecule has 0 radical (unpaired) electrons. The quantitative estimate of drug-likeness (QED) is 0.0384. The standard InChI is InChI=1S/C46H42N6O10S/c1-51-45(48-49-50-51)63-29-35(53)28-60-44-46(59-2,43(58)52(44)40(55)42(57)62-38(33-24-14-6-15-25-33)34-26-16-7-17-27-34)47-39(54)36(30-18-8-3-9-19-30)41(56)61-37(31-20-10-4-11-21-31)32-22-12-5-13-23-32/h3-27,36-38,40,44,55H,28-29H2,1-2H3,(H,47,54)/t36?,40?,44-,46+/m1/s1. The third-order valence-electron chi connectivity index (χ3n) is 10.1. The fraction of sp³-hybridized carbons (Fsp3) is 0.217. The summed E-state index contributed by atoms with van der Waals surface area (Å²) in [5.74, 6) is -6.76. The molecular weight excluding hydrogens is 829 g/mol. The predicted octanol–water partition coefficient (Wildman–Crippen LogP) is 4.28. The van der Waals surface area contributed by atoms with Crippen molar-refractivity contribution >= 4 is 41.3 Å².